The minimum Gasteiger partial charge on any atom is -0.462 e. The molecule has 0 unspecified atom stereocenters. The second kappa shape index (κ2) is 5.38. The van der Waals surface area contributed by atoms with Gasteiger partial charge in [-0.3, -0.25) is 4.79 Å². The van der Waals surface area contributed by atoms with Crippen LogP contribution >= 0.6 is 0 Å². The van der Waals surface area contributed by atoms with Crippen molar-refractivity contribution in [3.63, 3.8) is 0 Å². The molecule has 1 rings (SSSR count). The van der Waals surface area contributed by atoms with Crippen molar-refractivity contribution in [3.8, 4) is 0 Å². The van der Waals surface area contributed by atoms with E-state index in [1.54, 1.807) is 0 Å². The molecule has 1 aliphatic rings. The van der Waals surface area contributed by atoms with Crippen molar-refractivity contribution in [2.45, 2.75) is 59.0 Å². The first-order valence-electron chi connectivity index (χ1n) is 5.81. The molecule has 1 aliphatic carbocycles. The number of carbonyl (C=O) groups excluding carboxylic acids is 1. The standard InChI is InChI=1S/C12H22O2/c1-9(2)10(3)14-12(13)11-7-5-4-6-8-11/h9-11H,4-8H2,1-3H3/t10-/m0/s1. The van der Waals surface area contributed by atoms with Gasteiger partial charge in [-0.2, -0.15) is 0 Å². The van der Waals surface area contributed by atoms with Gasteiger partial charge in [-0.1, -0.05) is 33.1 Å². The van der Waals surface area contributed by atoms with Gasteiger partial charge >= 0.3 is 5.97 Å². The molecule has 14 heavy (non-hydrogen) atoms. The predicted octanol–water partition coefficient (Wildman–Crippen LogP) is 3.15. The van der Waals surface area contributed by atoms with Gasteiger partial charge in [0.25, 0.3) is 0 Å². The van der Waals surface area contributed by atoms with Crippen molar-refractivity contribution in [1.82, 2.24) is 0 Å². The lowest BCUT2D eigenvalue weighted by Crippen LogP contribution is -2.26. The summed E-state index contributed by atoms with van der Waals surface area (Å²) in [6.45, 7) is 6.14. The summed E-state index contributed by atoms with van der Waals surface area (Å²) in [5.41, 5.74) is 0. The van der Waals surface area contributed by atoms with Crippen LogP contribution in [0.15, 0.2) is 0 Å². The van der Waals surface area contributed by atoms with Gasteiger partial charge in [-0.15, -0.1) is 0 Å². The zero-order valence-electron chi connectivity index (χ0n) is 9.58. The fraction of sp³-hybridized carbons (Fsp3) is 0.917. The van der Waals surface area contributed by atoms with Crippen LogP contribution in [0.3, 0.4) is 0 Å². The van der Waals surface area contributed by atoms with Gasteiger partial charge in [0, 0.05) is 0 Å². The lowest BCUT2D eigenvalue weighted by Gasteiger charge is -2.23. The first-order chi connectivity index (χ1) is 6.61. The van der Waals surface area contributed by atoms with Gasteiger partial charge in [-0.05, 0) is 25.7 Å². The molecule has 1 fully saturated rings. The quantitative estimate of drug-likeness (QED) is 0.651. The van der Waals surface area contributed by atoms with E-state index in [2.05, 4.69) is 13.8 Å². The van der Waals surface area contributed by atoms with Gasteiger partial charge < -0.3 is 4.74 Å². The van der Waals surface area contributed by atoms with Crippen LogP contribution in [-0.4, -0.2) is 12.1 Å². The molecule has 0 aromatic heterocycles. The molecule has 1 atom stereocenters. The summed E-state index contributed by atoms with van der Waals surface area (Å²) in [5, 5.41) is 0. The Bertz CT molecular complexity index is 181. The van der Waals surface area contributed by atoms with Gasteiger partial charge in [0.15, 0.2) is 0 Å². The average Bonchev–Trinajstić information content (AvgIpc) is 2.19. The van der Waals surface area contributed by atoms with Crippen molar-refractivity contribution in [2.75, 3.05) is 0 Å². The van der Waals surface area contributed by atoms with Gasteiger partial charge in [-0.25, -0.2) is 0 Å². The highest BCUT2D eigenvalue weighted by Crippen LogP contribution is 2.25. The Morgan fingerprint density at radius 2 is 1.71 bits per heavy atom. The Kier molecular flexibility index (Phi) is 4.43. The Morgan fingerprint density at radius 3 is 2.21 bits per heavy atom. The van der Waals surface area contributed by atoms with Crippen molar-refractivity contribution in [2.24, 2.45) is 11.8 Å². The van der Waals surface area contributed by atoms with E-state index in [9.17, 15) is 4.79 Å². The molecule has 1 saturated carbocycles. The van der Waals surface area contributed by atoms with E-state index in [1.165, 1.54) is 19.3 Å². The van der Waals surface area contributed by atoms with E-state index in [1.807, 2.05) is 6.92 Å². The molecule has 0 aliphatic heterocycles. The maximum absolute atomic E-state index is 11.7. The summed E-state index contributed by atoms with van der Waals surface area (Å²) >= 11 is 0. The second-order valence-electron chi connectivity index (χ2n) is 4.72. The molecule has 2 heteroatoms. The van der Waals surface area contributed by atoms with Crippen molar-refractivity contribution in [3.05, 3.63) is 0 Å². The molecular weight excluding hydrogens is 176 g/mol. The van der Waals surface area contributed by atoms with Gasteiger partial charge in [0.1, 0.15) is 6.10 Å². The lowest BCUT2D eigenvalue weighted by molar-refractivity contribution is -0.156. The molecule has 0 heterocycles. The largest absolute Gasteiger partial charge is 0.462 e. The maximum Gasteiger partial charge on any atom is 0.309 e. The summed E-state index contributed by atoms with van der Waals surface area (Å²) in [4.78, 5) is 11.7. The summed E-state index contributed by atoms with van der Waals surface area (Å²) < 4.78 is 5.41. The molecule has 82 valence electrons. The van der Waals surface area contributed by atoms with E-state index in [0.29, 0.717) is 5.92 Å². The van der Waals surface area contributed by atoms with Crippen LogP contribution in [0, 0.1) is 11.8 Å². The maximum atomic E-state index is 11.7. The average molecular weight is 198 g/mol. The van der Waals surface area contributed by atoms with Gasteiger partial charge in [0.05, 0.1) is 5.92 Å². The molecule has 0 spiro atoms. The van der Waals surface area contributed by atoms with Crippen LogP contribution in [-0.2, 0) is 9.53 Å². The SMILES string of the molecule is CC(C)[C@H](C)OC(=O)C1CCCCC1. The molecule has 0 aromatic carbocycles. The zero-order chi connectivity index (χ0) is 10.6. The lowest BCUT2D eigenvalue weighted by atomic mass is 9.89. The van der Waals surface area contributed by atoms with E-state index in [0.717, 1.165) is 12.8 Å². The molecule has 2 nitrogen and oxygen atoms in total. The summed E-state index contributed by atoms with van der Waals surface area (Å²) in [7, 11) is 0. The second-order valence-corrected chi connectivity index (χ2v) is 4.72. The highest BCUT2D eigenvalue weighted by atomic mass is 16.5. The van der Waals surface area contributed by atoms with Crippen LogP contribution in [0.1, 0.15) is 52.9 Å². The predicted molar refractivity (Wildman–Crippen MR) is 57.0 cm³/mol. The number of hydrogen-bond acceptors (Lipinski definition) is 2. The minimum absolute atomic E-state index is 0.0332. The Balaban J connectivity index is 2.33. The van der Waals surface area contributed by atoms with Gasteiger partial charge in [0.2, 0.25) is 0 Å². The third kappa shape index (κ3) is 3.32. The topological polar surface area (TPSA) is 26.3 Å². The fourth-order valence-electron chi connectivity index (χ4n) is 1.75. The Morgan fingerprint density at radius 1 is 1.14 bits per heavy atom. The Labute approximate surface area is 87.0 Å². The normalized spacial score (nSPS) is 20.9. The number of carbonyl (C=O) groups is 1. The van der Waals surface area contributed by atoms with Crippen LogP contribution in [0.2, 0.25) is 0 Å². The van der Waals surface area contributed by atoms with Crippen LogP contribution in [0.25, 0.3) is 0 Å². The number of rotatable bonds is 3. The van der Waals surface area contributed by atoms with E-state index in [4.69, 9.17) is 4.74 Å². The molecule has 0 aromatic rings. The van der Waals surface area contributed by atoms with E-state index in [-0.39, 0.29) is 18.0 Å². The van der Waals surface area contributed by atoms with Crippen molar-refractivity contribution >= 4 is 5.97 Å². The van der Waals surface area contributed by atoms with Crippen LogP contribution in [0.4, 0.5) is 0 Å². The van der Waals surface area contributed by atoms with E-state index < -0.39 is 0 Å². The first-order valence-corrected chi connectivity index (χ1v) is 5.81. The van der Waals surface area contributed by atoms with Crippen LogP contribution in [0.5, 0.6) is 0 Å². The molecule has 0 N–H and O–H groups in total. The molecule has 0 amide bonds. The summed E-state index contributed by atoms with van der Waals surface area (Å²) in [6.07, 6.45) is 5.78. The number of ether oxygens (including phenoxy) is 1. The smallest absolute Gasteiger partial charge is 0.309 e. The van der Waals surface area contributed by atoms with Crippen molar-refractivity contribution in [1.29, 1.82) is 0 Å². The highest BCUT2D eigenvalue weighted by molar-refractivity contribution is 5.72. The van der Waals surface area contributed by atoms with Crippen LogP contribution < -0.4 is 0 Å². The first kappa shape index (κ1) is 11.5. The highest BCUT2D eigenvalue weighted by Gasteiger charge is 2.24. The Hall–Kier alpha value is -0.530. The number of hydrogen-bond donors (Lipinski definition) is 0. The third-order valence-corrected chi connectivity index (χ3v) is 3.18. The van der Waals surface area contributed by atoms with Crippen molar-refractivity contribution < 1.29 is 9.53 Å². The fourth-order valence-corrected chi connectivity index (χ4v) is 1.75. The minimum atomic E-state index is 0.0332. The zero-order valence-corrected chi connectivity index (χ0v) is 9.58. The monoisotopic (exact) mass is 198 g/mol. The van der Waals surface area contributed by atoms with E-state index >= 15 is 0 Å². The third-order valence-electron chi connectivity index (χ3n) is 3.18. The molecule has 0 saturated heterocycles. The molecule has 0 bridgehead atoms. The summed E-state index contributed by atoms with van der Waals surface area (Å²) in [6, 6.07) is 0. The molecule has 0 radical (unpaired) electrons. The number of esters is 1. The molecular formula is C12H22O2. The summed E-state index contributed by atoms with van der Waals surface area (Å²) in [5.74, 6) is 0.637.